The summed E-state index contributed by atoms with van der Waals surface area (Å²) in [5, 5.41) is 9.02. The second-order valence-corrected chi connectivity index (χ2v) is 6.08. The average molecular weight is 349 g/mol. The molecule has 0 bridgehead atoms. The maximum atomic E-state index is 11.0. The molecule has 2 aromatic rings. The van der Waals surface area contributed by atoms with Gasteiger partial charge in [-0.1, -0.05) is 26.0 Å². The molecule has 0 aliphatic heterocycles. The lowest BCUT2D eigenvalue weighted by Crippen LogP contribution is -1.98. The van der Waals surface area contributed by atoms with Crippen molar-refractivity contribution >= 4 is 21.9 Å². The van der Waals surface area contributed by atoms with E-state index >= 15 is 0 Å². The summed E-state index contributed by atoms with van der Waals surface area (Å²) >= 11 is 3.26. The fourth-order valence-electron chi connectivity index (χ4n) is 1.95. The quantitative estimate of drug-likeness (QED) is 0.807. The molecule has 0 aliphatic rings. The second kappa shape index (κ2) is 6.31. The Labute approximate surface area is 132 Å². The van der Waals surface area contributed by atoms with Gasteiger partial charge in [0.05, 0.1) is 5.56 Å². The summed E-state index contributed by atoms with van der Waals surface area (Å²) in [6.45, 7) is 6.25. The first kappa shape index (κ1) is 15.6. The highest BCUT2D eigenvalue weighted by Gasteiger charge is 2.11. The third-order valence-corrected chi connectivity index (χ3v) is 3.93. The average Bonchev–Trinajstić information content (AvgIpc) is 2.40. The van der Waals surface area contributed by atoms with Crippen molar-refractivity contribution < 1.29 is 14.6 Å². The number of carboxylic acid groups (broad SMARTS) is 1. The fraction of sp³-hybridized carbons (Fsp3) is 0.235. The summed E-state index contributed by atoms with van der Waals surface area (Å²) in [6.07, 6.45) is 0. The van der Waals surface area contributed by atoms with Crippen LogP contribution in [0.15, 0.2) is 40.9 Å². The molecule has 0 aromatic heterocycles. The third kappa shape index (κ3) is 3.64. The minimum absolute atomic E-state index is 0.218. The zero-order valence-corrected chi connectivity index (χ0v) is 13.8. The van der Waals surface area contributed by atoms with Gasteiger partial charge in [-0.05, 0) is 64.2 Å². The van der Waals surface area contributed by atoms with Crippen molar-refractivity contribution in [1.29, 1.82) is 0 Å². The van der Waals surface area contributed by atoms with Crippen molar-refractivity contribution in [2.24, 2.45) is 0 Å². The normalized spacial score (nSPS) is 10.7. The van der Waals surface area contributed by atoms with E-state index in [1.54, 1.807) is 12.1 Å². The van der Waals surface area contributed by atoms with E-state index in [9.17, 15) is 4.79 Å². The van der Waals surface area contributed by atoms with Crippen LogP contribution in [0.3, 0.4) is 0 Å². The highest BCUT2D eigenvalue weighted by Crippen LogP contribution is 2.31. The van der Waals surface area contributed by atoms with Gasteiger partial charge < -0.3 is 9.84 Å². The molecule has 2 aromatic carbocycles. The van der Waals surface area contributed by atoms with Gasteiger partial charge in [0.15, 0.2) is 0 Å². The number of hydrogen-bond acceptors (Lipinski definition) is 2. The molecule has 0 spiro atoms. The zero-order valence-electron chi connectivity index (χ0n) is 12.2. The lowest BCUT2D eigenvalue weighted by atomic mass is 10.0. The highest BCUT2D eigenvalue weighted by atomic mass is 79.9. The zero-order chi connectivity index (χ0) is 15.6. The van der Waals surface area contributed by atoms with E-state index in [0.717, 1.165) is 11.3 Å². The van der Waals surface area contributed by atoms with E-state index in [1.165, 1.54) is 11.6 Å². The molecule has 110 valence electrons. The molecule has 0 heterocycles. The van der Waals surface area contributed by atoms with E-state index in [2.05, 4.69) is 35.8 Å². The Bertz CT molecular complexity index is 678. The Morgan fingerprint density at radius 3 is 2.48 bits per heavy atom. The van der Waals surface area contributed by atoms with Crippen LogP contribution in [-0.2, 0) is 0 Å². The molecule has 0 aliphatic carbocycles. The highest BCUT2D eigenvalue weighted by molar-refractivity contribution is 9.10. The second-order valence-electron chi connectivity index (χ2n) is 5.23. The van der Waals surface area contributed by atoms with Crippen LogP contribution in [0.5, 0.6) is 11.5 Å². The first-order valence-corrected chi connectivity index (χ1v) is 7.49. The van der Waals surface area contributed by atoms with Crippen molar-refractivity contribution in [3.05, 3.63) is 57.6 Å². The van der Waals surface area contributed by atoms with Crippen LogP contribution < -0.4 is 4.74 Å². The number of aromatic carboxylic acids is 1. The summed E-state index contributed by atoms with van der Waals surface area (Å²) in [5.74, 6) is 0.854. The molecule has 2 rings (SSSR count). The van der Waals surface area contributed by atoms with Crippen LogP contribution in [0.4, 0.5) is 0 Å². The number of halogens is 1. The lowest BCUT2D eigenvalue weighted by molar-refractivity contribution is 0.0696. The summed E-state index contributed by atoms with van der Waals surface area (Å²) < 4.78 is 6.40. The van der Waals surface area contributed by atoms with Crippen molar-refractivity contribution in [1.82, 2.24) is 0 Å². The maximum Gasteiger partial charge on any atom is 0.336 e. The molecule has 3 nitrogen and oxygen atoms in total. The summed E-state index contributed by atoms with van der Waals surface area (Å²) in [4.78, 5) is 11.0. The SMILES string of the molecule is Cc1ccc(C(C)C)cc1Oc1ccc(C(=O)O)c(Br)c1. The van der Waals surface area contributed by atoms with Crippen LogP contribution in [-0.4, -0.2) is 11.1 Å². The lowest BCUT2D eigenvalue weighted by Gasteiger charge is -2.13. The van der Waals surface area contributed by atoms with E-state index < -0.39 is 5.97 Å². The van der Waals surface area contributed by atoms with E-state index in [0.29, 0.717) is 16.1 Å². The third-order valence-electron chi connectivity index (χ3n) is 3.28. The molecule has 0 radical (unpaired) electrons. The van der Waals surface area contributed by atoms with Gasteiger partial charge in [-0.2, -0.15) is 0 Å². The number of hydrogen-bond donors (Lipinski definition) is 1. The van der Waals surface area contributed by atoms with Crippen molar-refractivity contribution in [3.63, 3.8) is 0 Å². The van der Waals surface area contributed by atoms with E-state index in [1.807, 2.05) is 19.1 Å². The Balaban J connectivity index is 2.32. The summed E-state index contributed by atoms with van der Waals surface area (Å²) in [5.41, 5.74) is 2.46. The predicted octanol–water partition coefficient (Wildman–Crippen LogP) is 5.37. The molecule has 0 unspecified atom stereocenters. The van der Waals surface area contributed by atoms with Gasteiger partial charge in [0.2, 0.25) is 0 Å². The Morgan fingerprint density at radius 2 is 1.90 bits per heavy atom. The molecule has 0 saturated carbocycles. The number of ether oxygens (including phenoxy) is 1. The topological polar surface area (TPSA) is 46.5 Å². The van der Waals surface area contributed by atoms with Crippen LogP contribution in [0.25, 0.3) is 0 Å². The van der Waals surface area contributed by atoms with Crippen molar-refractivity contribution in [3.8, 4) is 11.5 Å². The molecule has 21 heavy (non-hydrogen) atoms. The van der Waals surface area contributed by atoms with Gasteiger partial charge in [-0.25, -0.2) is 4.79 Å². The smallest absolute Gasteiger partial charge is 0.336 e. The first-order valence-electron chi connectivity index (χ1n) is 6.69. The monoisotopic (exact) mass is 348 g/mol. The number of rotatable bonds is 4. The van der Waals surface area contributed by atoms with Gasteiger partial charge in [0.1, 0.15) is 11.5 Å². The van der Waals surface area contributed by atoms with Gasteiger partial charge in [-0.15, -0.1) is 0 Å². The number of aryl methyl sites for hydroxylation is 1. The van der Waals surface area contributed by atoms with Crippen LogP contribution in [0.2, 0.25) is 0 Å². The standard InChI is InChI=1S/C17H17BrO3/c1-10(2)12-5-4-11(3)16(8-12)21-13-6-7-14(17(19)20)15(18)9-13/h4-10H,1-3H3,(H,19,20). The van der Waals surface area contributed by atoms with Crippen LogP contribution >= 0.6 is 15.9 Å². The molecular formula is C17H17BrO3. The molecule has 0 amide bonds. The maximum absolute atomic E-state index is 11.0. The number of benzene rings is 2. The summed E-state index contributed by atoms with van der Waals surface area (Å²) in [6, 6.07) is 11.0. The first-order chi connectivity index (χ1) is 9.88. The van der Waals surface area contributed by atoms with E-state index in [-0.39, 0.29) is 5.56 Å². The number of carboxylic acids is 1. The van der Waals surface area contributed by atoms with Crippen LogP contribution in [0.1, 0.15) is 41.3 Å². The van der Waals surface area contributed by atoms with Crippen molar-refractivity contribution in [2.75, 3.05) is 0 Å². The number of carbonyl (C=O) groups is 1. The molecule has 1 N–H and O–H groups in total. The minimum atomic E-state index is -0.966. The molecule has 0 fully saturated rings. The fourth-order valence-corrected chi connectivity index (χ4v) is 2.47. The van der Waals surface area contributed by atoms with E-state index in [4.69, 9.17) is 9.84 Å². The molecule has 0 saturated heterocycles. The Hall–Kier alpha value is -1.81. The van der Waals surface area contributed by atoms with Gasteiger partial charge in [0, 0.05) is 4.47 Å². The largest absolute Gasteiger partial charge is 0.478 e. The minimum Gasteiger partial charge on any atom is -0.478 e. The van der Waals surface area contributed by atoms with Crippen LogP contribution in [0, 0.1) is 6.92 Å². The van der Waals surface area contributed by atoms with Gasteiger partial charge >= 0.3 is 5.97 Å². The summed E-state index contributed by atoms with van der Waals surface area (Å²) in [7, 11) is 0. The Kier molecular flexibility index (Phi) is 4.68. The van der Waals surface area contributed by atoms with Gasteiger partial charge in [0.25, 0.3) is 0 Å². The van der Waals surface area contributed by atoms with Crippen molar-refractivity contribution in [2.45, 2.75) is 26.7 Å². The molecule has 4 heteroatoms. The molecular weight excluding hydrogens is 332 g/mol. The Morgan fingerprint density at radius 1 is 1.19 bits per heavy atom. The van der Waals surface area contributed by atoms with Gasteiger partial charge in [-0.3, -0.25) is 0 Å². The molecule has 0 atom stereocenters. The predicted molar refractivity (Wildman–Crippen MR) is 86.4 cm³/mol.